The summed E-state index contributed by atoms with van der Waals surface area (Å²) < 4.78 is 9.21. The Morgan fingerprint density at radius 1 is 1.50 bits per heavy atom. The summed E-state index contributed by atoms with van der Waals surface area (Å²) in [5.74, 6) is 1.32. The Kier molecular flexibility index (Phi) is 5.13. The molecule has 0 saturated heterocycles. The van der Waals surface area contributed by atoms with Crippen LogP contribution in [0.4, 0.5) is 0 Å². The third-order valence-corrected chi connectivity index (χ3v) is 1.99. The van der Waals surface area contributed by atoms with Crippen LogP contribution in [0.1, 0.15) is 11.5 Å². The molecular weight excluding hydrogens is 232 g/mol. The van der Waals surface area contributed by atoms with E-state index in [2.05, 4.69) is 15.8 Å². The first-order valence-corrected chi connectivity index (χ1v) is 5.10. The van der Waals surface area contributed by atoms with E-state index in [1.54, 1.807) is 25.3 Å². The van der Waals surface area contributed by atoms with Gasteiger partial charge in [-0.2, -0.15) is 5.26 Å². The zero-order valence-electron chi connectivity index (χ0n) is 10.1. The highest BCUT2D eigenvalue weighted by Gasteiger charge is 2.03. The number of nitrogens with zero attached hydrogens (tertiary/aromatic N) is 2. The zero-order chi connectivity index (χ0) is 13.4. The number of methoxy groups -OCH3 is 1. The van der Waals surface area contributed by atoms with Crippen LogP contribution in [0, 0.1) is 18.3 Å². The molecule has 5 nitrogen and oxygen atoms in total. The van der Waals surface area contributed by atoms with Crippen LogP contribution < -0.4 is 0 Å². The number of ether oxygens (including phenoxy) is 1. The smallest absolute Gasteiger partial charge is 0.292 e. The molecule has 18 heavy (non-hydrogen) atoms. The summed E-state index contributed by atoms with van der Waals surface area (Å²) >= 11 is 0. The summed E-state index contributed by atoms with van der Waals surface area (Å²) in [6, 6.07) is 9.33. The lowest BCUT2D eigenvalue weighted by molar-refractivity contribution is -0.126. The normalized spacial score (nSPS) is 8.72. The first-order valence-electron chi connectivity index (χ1n) is 5.10. The predicted molar refractivity (Wildman–Crippen MR) is 64.5 cm³/mol. The van der Waals surface area contributed by atoms with E-state index in [0.717, 1.165) is 5.56 Å². The second-order valence-electron chi connectivity index (χ2n) is 3.27. The third kappa shape index (κ3) is 3.76. The molecule has 0 bridgehead atoms. The largest absolute Gasteiger partial charge is 0.471 e. The summed E-state index contributed by atoms with van der Waals surface area (Å²) in [6.45, 7) is 2.16. The average molecular weight is 244 g/mol. The highest BCUT2D eigenvalue weighted by atomic mass is 16.5. The van der Waals surface area contributed by atoms with Crippen molar-refractivity contribution in [1.29, 1.82) is 5.26 Å². The first-order chi connectivity index (χ1) is 8.71. The minimum Gasteiger partial charge on any atom is -0.471 e. The molecule has 92 valence electrons. The van der Waals surface area contributed by atoms with Gasteiger partial charge in [0.15, 0.2) is 11.7 Å². The Morgan fingerprint density at radius 2 is 2.22 bits per heavy atom. The Labute approximate surface area is 105 Å². The molecule has 2 rings (SSSR count). The van der Waals surface area contributed by atoms with Crippen LogP contribution in [-0.4, -0.2) is 18.6 Å². The van der Waals surface area contributed by atoms with Crippen molar-refractivity contribution in [1.82, 2.24) is 4.98 Å². The van der Waals surface area contributed by atoms with Gasteiger partial charge < -0.3 is 9.15 Å². The van der Waals surface area contributed by atoms with Gasteiger partial charge in [0.2, 0.25) is 0 Å². The fraction of sp³-hybridized carbons (Fsp3) is 0.154. The molecule has 0 N–H and O–H groups in total. The molecule has 0 amide bonds. The number of benzene rings is 1. The molecule has 0 atom stereocenters. The fourth-order valence-electron chi connectivity index (χ4n) is 1.24. The maximum absolute atomic E-state index is 8.95. The van der Waals surface area contributed by atoms with E-state index in [-0.39, 0.29) is 0 Å². The molecule has 2 aromatic rings. The van der Waals surface area contributed by atoms with E-state index >= 15 is 0 Å². The lowest BCUT2D eigenvalue weighted by Crippen LogP contribution is -1.76. The summed E-state index contributed by atoms with van der Waals surface area (Å²) in [4.78, 5) is 13.0. The zero-order valence-corrected chi connectivity index (χ0v) is 10.1. The Balaban J connectivity index is 0.000000357. The van der Waals surface area contributed by atoms with Crippen LogP contribution in [0.2, 0.25) is 0 Å². The van der Waals surface area contributed by atoms with Crippen LogP contribution in [0.15, 0.2) is 34.9 Å². The molecule has 1 aromatic heterocycles. The van der Waals surface area contributed by atoms with Crippen LogP contribution in [0.5, 0.6) is 0 Å². The summed E-state index contributed by atoms with van der Waals surface area (Å²) in [5, 5.41) is 8.72. The minimum atomic E-state index is 0.375. The summed E-state index contributed by atoms with van der Waals surface area (Å²) in [7, 11) is 1.31. The van der Waals surface area contributed by atoms with E-state index in [4.69, 9.17) is 14.5 Å². The molecule has 0 radical (unpaired) electrons. The van der Waals surface area contributed by atoms with Crippen molar-refractivity contribution in [3.05, 3.63) is 41.9 Å². The number of hydrogen-bond acceptors (Lipinski definition) is 5. The van der Waals surface area contributed by atoms with Crippen molar-refractivity contribution in [3.8, 4) is 17.4 Å². The molecule has 5 heteroatoms. The number of nitriles is 1. The van der Waals surface area contributed by atoms with Crippen molar-refractivity contribution in [2.45, 2.75) is 6.92 Å². The second kappa shape index (κ2) is 6.86. The summed E-state index contributed by atoms with van der Waals surface area (Å²) in [6.07, 6.45) is 1.66. The van der Waals surface area contributed by atoms with Gasteiger partial charge in [-0.05, 0) is 12.1 Å². The van der Waals surface area contributed by atoms with E-state index in [1.165, 1.54) is 7.11 Å². The quantitative estimate of drug-likeness (QED) is 0.757. The molecule has 0 aliphatic heterocycles. The Bertz CT molecular complexity index is 555. The fourth-order valence-corrected chi connectivity index (χ4v) is 1.24. The van der Waals surface area contributed by atoms with E-state index in [1.807, 2.05) is 12.1 Å². The van der Waals surface area contributed by atoms with Gasteiger partial charge in [0, 0.05) is 12.5 Å². The lowest BCUT2D eigenvalue weighted by Gasteiger charge is -1.95. The molecule has 0 spiro atoms. The van der Waals surface area contributed by atoms with Gasteiger partial charge in [-0.3, -0.25) is 4.79 Å². The molecule has 1 aromatic carbocycles. The van der Waals surface area contributed by atoms with Crippen molar-refractivity contribution >= 4 is 6.47 Å². The van der Waals surface area contributed by atoms with Gasteiger partial charge in [0.05, 0.1) is 24.9 Å². The van der Waals surface area contributed by atoms with Crippen LogP contribution in [-0.2, 0) is 9.53 Å². The van der Waals surface area contributed by atoms with Crippen LogP contribution >= 0.6 is 0 Å². The van der Waals surface area contributed by atoms with Crippen LogP contribution in [0.3, 0.4) is 0 Å². The molecule has 1 heterocycles. The van der Waals surface area contributed by atoms with E-state index in [0.29, 0.717) is 23.7 Å². The Morgan fingerprint density at radius 3 is 2.72 bits per heavy atom. The number of carbonyl (C=O) groups excluding carboxylic acids is 1. The van der Waals surface area contributed by atoms with Gasteiger partial charge >= 0.3 is 0 Å². The first kappa shape index (κ1) is 13.5. The summed E-state index contributed by atoms with van der Waals surface area (Å²) in [5.41, 5.74) is 1.50. The molecule has 0 aliphatic rings. The van der Waals surface area contributed by atoms with Crippen molar-refractivity contribution in [2.24, 2.45) is 0 Å². The van der Waals surface area contributed by atoms with Crippen molar-refractivity contribution < 1.29 is 13.9 Å². The van der Waals surface area contributed by atoms with Gasteiger partial charge in [-0.1, -0.05) is 12.1 Å². The number of rotatable bonds is 2. The second-order valence-corrected chi connectivity index (χ2v) is 3.27. The maximum Gasteiger partial charge on any atom is 0.292 e. The highest BCUT2D eigenvalue weighted by Crippen LogP contribution is 2.20. The molecular formula is C13H12N2O3. The van der Waals surface area contributed by atoms with E-state index in [9.17, 15) is 0 Å². The Hall–Kier alpha value is -2.61. The van der Waals surface area contributed by atoms with Crippen molar-refractivity contribution in [3.63, 3.8) is 0 Å². The lowest BCUT2D eigenvalue weighted by atomic mass is 10.1. The number of aryl methyl sites for hydroxylation is 1. The monoisotopic (exact) mass is 244 g/mol. The molecule has 0 saturated carbocycles. The molecule has 0 unspecified atom stereocenters. The number of oxazole rings is 1. The predicted octanol–water partition coefficient (Wildman–Crippen LogP) is 2.31. The third-order valence-electron chi connectivity index (χ3n) is 1.99. The van der Waals surface area contributed by atoms with Gasteiger partial charge in [-0.15, -0.1) is 0 Å². The number of carbonyl (C=O) groups is 1. The minimum absolute atomic E-state index is 0.375. The standard InChI is InChI=1S/C11H8N2O.C2H4O2/c1-8-13-7-11(14-8)10-4-2-3-9(5-10)6-12;1-4-2-3/h2-5,7H,1H3;2H,1H3. The molecule has 0 fully saturated rings. The number of aromatic nitrogens is 1. The maximum atomic E-state index is 8.95. The van der Waals surface area contributed by atoms with Crippen LogP contribution in [0.25, 0.3) is 11.3 Å². The van der Waals surface area contributed by atoms with Crippen molar-refractivity contribution in [2.75, 3.05) is 7.11 Å². The SMILES string of the molecule is COC=O.Cc1ncc(-c2cccc(C#N)c2)o1. The van der Waals surface area contributed by atoms with Gasteiger partial charge in [0.1, 0.15) is 0 Å². The molecule has 0 aliphatic carbocycles. The number of hydrogen-bond donors (Lipinski definition) is 0. The highest BCUT2D eigenvalue weighted by molar-refractivity contribution is 5.58. The van der Waals surface area contributed by atoms with Gasteiger partial charge in [0.25, 0.3) is 6.47 Å². The average Bonchev–Trinajstić information content (AvgIpc) is 2.86. The van der Waals surface area contributed by atoms with Gasteiger partial charge in [-0.25, -0.2) is 4.98 Å². The topological polar surface area (TPSA) is 76.1 Å². The van der Waals surface area contributed by atoms with E-state index < -0.39 is 0 Å².